The first-order valence-corrected chi connectivity index (χ1v) is 10.7. The maximum atomic E-state index is 13.8. The molecule has 1 saturated carbocycles. The summed E-state index contributed by atoms with van der Waals surface area (Å²) >= 11 is 0. The quantitative estimate of drug-likeness (QED) is 0.568. The minimum Gasteiger partial charge on any atom is -0.496 e. The van der Waals surface area contributed by atoms with Crippen LogP contribution in [0.1, 0.15) is 73.9 Å². The van der Waals surface area contributed by atoms with Crippen molar-refractivity contribution in [2.24, 2.45) is 0 Å². The first-order valence-electron chi connectivity index (χ1n) is 10.7. The predicted octanol–water partition coefficient (Wildman–Crippen LogP) is 5.34. The number of hydrogen-bond acceptors (Lipinski definition) is 3. The fraction of sp³-hybridized carbons (Fsp3) is 0.500. The van der Waals surface area contributed by atoms with Crippen LogP contribution >= 0.6 is 0 Å². The van der Waals surface area contributed by atoms with Crippen LogP contribution < -0.4 is 10.3 Å². The van der Waals surface area contributed by atoms with Gasteiger partial charge < -0.3 is 4.74 Å². The lowest BCUT2D eigenvalue weighted by atomic mass is 9.95. The van der Waals surface area contributed by atoms with E-state index in [2.05, 4.69) is 32.9 Å². The highest BCUT2D eigenvalue weighted by atomic mass is 16.5. The second-order valence-corrected chi connectivity index (χ2v) is 8.38. The molecule has 0 spiro atoms. The molecule has 154 valence electrons. The van der Waals surface area contributed by atoms with E-state index in [1.165, 1.54) is 0 Å². The number of benzene rings is 1. The standard InChI is InChI=1S/C24H31N3O2/c1-7-17(8-2)20-13-16(5)27-22(20)24(28)26(18-9-10-18)23(25-27)19-11-15(4)21(29-6)12-14(19)3/h11-13,17-18H,7-10H2,1-6H3. The highest BCUT2D eigenvalue weighted by Crippen LogP contribution is 2.39. The Morgan fingerprint density at radius 3 is 2.38 bits per heavy atom. The van der Waals surface area contributed by atoms with Crippen LogP contribution in [0.4, 0.5) is 0 Å². The Hall–Kier alpha value is -2.56. The molecular weight excluding hydrogens is 362 g/mol. The number of methoxy groups -OCH3 is 1. The van der Waals surface area contributed by atoms with E-state index >= 15 is 0 Å². The molecule has 1 fully saturated rings. The third-order valence-corrected chi connectivity index (χ3v) is 6.35. The molecule has 2 heterocycles. The number of rotatable bonds is 6. The van der Waals surface area contributed by atoms with Crippen molar-refractivity contribution in [3.05, 3.63) is 50.9 Å². The van der Waals surface area contributed by atoms with Crippen molar-refractivity contribution in [2.75, 3.05) is 7.11 Å². The molecule has 5 nitrogen and oxygen atoms in total. The number of nitrogens with zero attached hydrogens (tertiary/aromatic N) is 3. The van der Waals surface area contributed by atoms with E-state index < -0.39 is 0 Å². The molecule has 1 aliphatic carbocycles. The van der Waals surface area contributed by atoms with Crippen LogP contribution in [0.25, 0.3) is 16.9 Å². The van der Waals surface area contributed by atoms with Gasteiger partial charge in [0.05, 0.1) is 7.11 Å². The normalized spacial score (nSPS) is 14.2. The van der Waals surface area contributed by atoms with Crippen molar-refractivity contribution in [3.8, 4) is 17.1 Å². The van der Waals surface area contributed by atoms with Crippen LogP contribution in [0.5, 0.6) is 5.75 Å². The lowest BCUT2D eigenvalue weighted by Gasteiger charge is -2.17. The van der Waals surface area contributed by atoms with E-state index in [-0.39, 0.29) is 11.6 Å². The average Bonchev–Trinajstić information content (AvgIpc) is 3.48. The van der Waals surface area contributed by atoms with Gasteiger partial charge in [-0.2, -0.15) is 0 Å². The van der Waals surface area contributed by atoms with Crippen molar-refractivity contribution in [2.45, 2.75) is 72.3 Å². The summed E-state index contributed by atoms with van der Waals surface area (Å²) in [6.45, 7) is 10.5. The Labute approximate surface area is 172 Å². The molecule has 0 amide bonds. The summed E-state index contributed by atoms with van der Waals surface area (Å²) in [5.41, 5.74) is 6.14. The average molecular weight is 394 g/mol. The van der Waals surface area contributed by atoms with Crippen LogP contribution in [0.3, 0.4) is 0 Å². The molecule has 1 aliphatic rings. The molecule has 29 heavy (non-hydrogen) atoms. The topological polar surface area (TPSA) is 48.5 Å². The number of aromatic nitrogens is 3. The Morgan fingerprint density at radius 2 is 1.79 bits per heavy atom. The van der Waals surface area contributed by atoms with Crippen molar-refractivity contribution in [1.82, 2.24) is 14.2 Å². The summed E-state index contributed by atoms with van der Waals surface area (Å²) in [5, 5.41) is 5.03. The summed E-state index contributed by atoms with van der Waals surface area (Å²) in [4.78, 5) is 13.8. The number of hydrogen-bond donors (Lipinski definition) is 0. The van der Waals surface area contributed by atoms with Crippen LogP contribution in [0.2, 0.25) is 0 Å². The maximum absolute atomic E-state index is 13.8. The smallest absolute Gasteiger partial charge is 0.278 e. The zero-order valence-electron chi connectivity index (χ0n) is 18.4. The van der Waals surface area contributed by atoms with Gasteiger partial charge in [-0.15, -0.1) is 5.10 Å². The van der Waals surface area contributed by atoms with Gasteiger partial charge in [0.1, 0.15) is 11.3 Å². The second-order valence-electron chi connectivity index (χ2n) is 8.38. The van der Waals surface area contributed by atoms with Gasteiger partial charge >= 0.3 is 0 Å². The Balaban J connectivity index is 2.04. The highest BCUT2D eigenvalue weighted by molar-refractivity contribution is 5.66. The lowest BCUT2D eigenvalue weighted by molar-refractivity contribution is 0.411. The highest BCUT2D eigenvalue weighted by Gasteiger charge is 2.31. The van der Waals surface area contributed by atoms with Crippen LogP contribution in [0.15, 0.2) is 23.0 Å². The molecule has 0 N–H and O–H groups in total. The van der Waals surface area contributed by atoms with Gasteiger partial charge in [0.25, 0.3) is 5.56 Å². The first-order chi connectivity index (χ1) is 13.9. The molecule has 1 aromatic carbocycles. The van der Waals surface area contributed by atoms with Gasteiger partial charge in [-0.05, 0) is 87.3 Å². The van der Waals surface area contributed by atoms with Gasteiger partial charge in [-0.3, -0.25) is 9.36 Å². The second kappa shape index (κ2) is 7.36. The van der Waals surface area contributed by atoms with Crippen LogP contribution in [-0.2, 0) is 0 Å². The van der Waals surface area contributed by atoms with Crippen molar-refractivity contribution in [3.63, 3.8) is 0 Å². The third-order valence-electron chi connectivity index (χ3n) is 6.35. The Morgan fingerprint density at radius 1 is 1.10 bits per heavy atom. The summed E-state index contributed by atoms with van der Waals surface area (Å²) in [6, 6.07) is 6.55. The molecule has 2 aromatic heterocycles. The molecule has 4 rings (SSSR count). The minimum absolute atomic E-state index is 0.0976. The van der Waals surface area contributed by atoms with Crippen molar-refractivity contribution < 1.29 is 4.74 Å². The molecule has 5 heteroatoms. The fourth-order valence-corrected chi connectivity index (χ4v) is 4.49. The van der Waals surface area contributed by atoms with Gasteiger partial charge in [0.2, 0.25) is 0 Å². The van der Waals surface area contributed by atoms with E-state index in [4.69, 9.17) is 9.84 Å². The maximum Gasteiger partial charge on any atom is 0.278 e. The minimum atomic E-state index is 0.0976. The van der Waals surface area contributed by atoms with Crippen LogP contribution in [0, 0.1) is 20.8 Å². The monoisotopic (exact) mass is 393 g/mol. The number of aryl methyl sites for hydroxylation is 3. The Bertz CT molecular complexity index is 1130. The van der Waals surface area contributed by atoms with Gasteiger partial charge in [0, 0.05) is 17.3 Å². The van der Waals surface area contributed by atoms with E-state index in [1.54, 1.807) is 7.11 Å². The SMILES string of the molecule is CCC(CC)c1cc(C)n2nc(-c3cc(C)c(OC)cc3C)n(C3CC3)c(=O)c12. The molecule has 0 bridgehead atoms. The van der Waals surface area contributed by atoms with E-state index in [0.29, 0.717) is 5.92 Å². The molecule has 3 aromatic rings. The van der Waals surface area contributed by atoms with Crippen LogP contribution in [-0.4, -0.2) is 21.3 Å². The third kappa shape index (κ3) is 3.17. The number of ether oxygens (including phenoxy) is 1. The summed E-state index contributed by atoms with van der Waals surface area (Å²) in [5.74, 6) is 2.01. The molecule has 0 unspecified atom stereocenters. The van der Waals surface area contributed by atoms with Crippen molar-refractivity contribution in [1.29, 1.82) is 0 Å². The molecule has 0 radical (unpaired) electrons. The zero-order valence-corrected chi connectivity index (χ0v) is 18.4. The summed E-state index contributed by atoms with van der Waals surface area (Å²) in [6.07, 6.45) is 4.13. The van der Waals surface area contributed by atoms with Gasteiger partial charge in [0.15, 0.2) is 5.82 Å². The first kappa shape index (κ1) is 19.7. The van der Waals surface area contributed by atoms with E-state index in [1.807, 2.05) is 29.0 Å². The van der Waals surface area contributed by atoms with E-state index in [9.17, 15) is 4.79 Å². The van der Waals surface area contributed by atoms with Gasteiger partial charge in [-0.25, -0.2) is 4.52 Å². The zero-order chi connectivity index (χ0) is 20.9. The molecule has 0 saturated heterocycles. The summed E-state index contributed by atoms with van der Waals surface area (Å²) < 4.78 is 9.31. The fourth-order valence-electron chi connectivity index (χ4n) is 4.49. The molecule has 0 atom stereocenters. The number of fused-ring (bicyclic) bond motifs is 1. The van der Waals surface area contributed by atoms with E-state index in [0.717, 1.165) is 70.7 Å². The molecule has 0 aliphatic heterocycles. The van der Waals surface area contributed by atoms with Crippen molar-refractivity contribution >= 4 is 5.52 Å². The summed E-state index contributed by atoms with van der Waals surface area (Å²) in [7, 11) is 1.69. The predicted molar refractivity (Wildman–Crippen MR) is 117 cm³/mol. The lowest BCUT2D eigenvalue weighted by Crippen LogP contribution is -2.26. The van der Waals surface area contributed by atoms with Gasteiger partial charge in [-0.1, -0.05) is 13.8 Å². The largest absolute Gasteiger partial charge is 0.496 e. The Kier molecular flexibility index (Phi) is 5.01. The molecular formula is C24H31N3O2.